The van der Waals surface area contributed by atoms with E-state index in [1.807, 2.05) is 0 Å². The first-order valence-electron chi connectivity index (χ1n) is 4.07. The average molecular weight is 170 g/mol. The molecule has 0 aromatic heterocycles. The van der Waals surface area contributed by atoms with Gasteiger partial charge in [-0.3, -0.25) is 4.79 Å². The van der Waals surface area contributed by atoms with Crippen LogP contribution in [-0.4, -0.2) is 31.8 Å². The number of carboxylic acid groups (broad SMARTS) is 1. The fourth-order valence-electron chi connectivity index (χ4n) is 1.52. The number of hydrogen-bond acceptors (Lipinski definition) is 3. The van der Waals surface area contributed by atoms with E-state index in [0.717, 1.165) is 12.8 Å². The summed E-state index contributed by atoms with van der Waals surface area (Å²) in [5.74, 6) is -0.857. The van der Waals surface area contributed by atoms with Crippen LogP contribution in [0, 0.1) is 5.92 Å². The molecule has 4 nitrogen and oxygen atoms in total. The third-order valence-corrected chi connectivity index (χ3v) is 2.20. The molecule has 1 rings (SSSR count). The first-order valence-corrected chi connectivity index (χ1v) is 4.07. The van der Waals surface area contributed by atoms with Gasteiger partial charge >= 0.3 is 13.6 Å². The minimum absolute atomic E-state index is 0.173. The Kier molecular flexibility index (Phi) is 3.56. The Hall–Kier alpha value is -0.545. The van der Waals surface area contributed by atoms with Gasteiger partial charge in [-0.15, -0.1) is 0 Å². The maximum atomic E-state index is 10.6. The largest absolute Gasteiger partial charge is 0.481 e. The van der Waals surface area contributed by atoms with Crippen LogP contribution in [0.25, 0.3) is 0 Å². The Morgan fingerprint density at radius 3 is 2.92 bits per heavy atom. The van der Waals surface area contributed by atoms with E-state index in [2.05, 4.69) is 5.23 Å². The third-order valence-electron chi connectivity index (χ3n) is 2.20. The van der Waals surface area contributed by atoms with Gasteiger partial charge in [0.1, 0.15) is 0 Å². The van der Waals surface area contributed by atoms with Crippen LogP contribution in [-0.2, 0) is 9.45 Å². The topological polar surface area (TPSA) is 58.6 Å². The van der Waals surface area contributed by atoms with Gasteiger partial charge in [0.25, 0.3) is 0 Å². The van der Waals surface area contributed by atoms with Gasteiger partial charge in [0, 0.05) is 7.11 Å². The zero-order valence-electron chi connectivity index (χ0n) is 7.12. The van der Waals surface area contributed by atoms with Crippen LogP contribution in [0.3, 0.4) is 0 Å². The predicted octanol–water partition coefficient (Wildman–Crippen LogP) is 0.00990. The molecule has 0 aromatic carbocycles. The van der Waals surface area contributed by atoms with Crippen LogP contribution in [0.4, 0.5) is 0 Å². The van der Waals surface area contributed by atoms with Gasteiger partial charge in [0.2, 0.25) is 0 Å². The van der Waals surface area contributed by atoms with Crippen molar-refractivity contribution in [1.82, 2.24) is 5.23 Å². The van der Waals surface area contributed by atoms with Gasteiger partial charge in [0.15, 0.2) is 0 Å². The second-order valence-electron chi connectivity index (χ2n) is 3.07. The third kappa shape index (κ3) is 2.50. The fourth-order valence-corrected chi connectivity index (χ4v) is 1.52. The molecule has 2 unspecified atom stereocenters. The molecule has 1 aliphatic rings. The van der Waals surface area contributed by atoms with Gasteiger partial charge in [0.05, 0.1) is 5.92 Å². The number of carboxylic acids is 1. The maximum Gasteiger partial charge on any atom is 0.395 e. The van der Waals surface area contributed by atoms with Crippen LogP contribution in [0.15, 0.2) is 0 Å². The lowest BCUT2D eigenvalue weighted by Gasteiger charge is -2.09. The number of aliphatic carboxylic acids is 1. The van der Waals surface area contributed by atoms with Gasteiger partial charge in [-0.2, -0.15) is 0 Å². The molecule has 0 aromatic rings. The molecule has 1 saturated carbocycles. The fraction of sp³-hybridized carbons (Fsp3) is 0.857. The average Bonchev–Trinajstić information content (AvgIpc) is 2.48. The summed E-state index contributed by atoms with van der Waals surface area (Å²) < 4.78 is 4.72. The number of nitrogens with one attached hydrogen (secondary N) is 1. The Morgan fingerprint density at radius 2 is 2.42 bits per heavy atom. The molecule has 0 bridgehead atoms. The van der Waals surface area contributed by atoms with Crippen molar-refractivity contribution in [3.63, 3.8) is 0 Å². The summed E-state index contributed by atoms with van der Waals surface area (Å²) >= 11 is 0. The summed E-state index contributed by atoms with van der Waals surface area (Å²) in [5, 5.41) is 11.7. The van der Waals surface area contributed by atoms with Crippen LogP contribution in [0.1, 0.15) is 19.3 Å². The summed E-state index contributed by atoms with van der Waals surface area (Å²) in [5.41, 5.74) is 0. The second-order valence-corrected chi connectivity index (χ2v) is 3.07. The summed E-state index contributed by atoms with van der Waals surface area (Å²) in [4.78, 5) is 10.6. The Morgan fingerprint density at radius 1 is 1.67 bits per heavy atom. The Balaban J connectivity index is 2.21. The molecular weight excluding hydrogens is 157 g/mol. The van der Waals surface area contributed by atoms with E-state index in [1.165, 1.54) is 7.62 Å². The smallest absolute Gasteiger partial charge is 0.395 e. The van der Waals surface area contributed by atoms with Crippen molar-refractivity contribution in [1.29, 1.82) is 0 Å². The van der Waals surface area contributed by atoms with Gasteiger partial charge in [-0.25, -0.2) is 0 Å². The lowest BCUT2D eigenvalue weighted by molar-refractivity contribution is -0.141. The molecule has 0 spiro atoms. The van der Waals surface area contributed by atoms with Crippen molar-refractivity contribution in [2.45, 2.75) is 25.3 Å². The lowest BCUT2D eigenvalue weighted by Crippen LogP contribution is -2.31. The first-order chi connectivity index (χ1) is 5.74. The second kappa shape index (κ2) is 4.47. The maximum absolute atomic E-state index is 10.6. The first kappa shape index (κ1) is 9.54. The van der Waals surface area contributed by atoms with Crippen LogP contribution >= 0.6 is 0 Å². The molecule has 0 amide bonds. The highest BCUT2D eigenvalue weighted by molar-refractivity contribution is 6.23. The molecule has 0 saturated heterocycles. The monoisotopic (exact) mass is 170 g/mol. The molecule has 67 valence electrons. The van der Waals surface area contributed by atoms with E-state index in [1.54, 1.807) is 7.11 Å². The van der Waals surface area contributed by atoms with E-state index in [9.17, 15) is 4.79 Å². The van der Waals surface area contributed by atoms with Crippen molar-refractivity contribution >= 4 is 13.6 Å². The van der Waals surface area contributed by atoms with E-state index >= 15 is 0 Å². The molecule has 2 N–H and O–H groups in total. The van der Waals surface area contributed by atoms with Crippen LogP contribution < -0.4 is 5.23 Å². The highest BCUT2D eigenvalue weighted by Gasteiger charge is 2.29. The molecule has 0 heterocycles. The highest BCUT2D eigenvalue weighted by Crippen LogP contribution is 2.25. The molecule has 12 heavy (non-hydrogen) atoms. The number of carbonyl (C=O) groups is 1. The molecule has 5 heteroatoms. The van der Waals surface area contributed by atoms with E-state index < -0.39 is 5.97 Å². The molecule has 1 radical (unpaired) electrons. The summed E-state index contributed by atoms with van der Waals surface area (Å²) in [6.07, 6.45) is 2.39. The van der Waals surface area contributed by atoms with Crippen LogP contribution in [0.2, 0.25) is 0 Å². The van der Waals surface area contributed by atoms with Crippen LogP contribution in [0.5, 0.6) is 0 Å². The molecule has 2 atom stereocenters. The quantitative estimate of drug-likeness (QED) is 0.583. The van der Waals surface area contributed by atoms with Crippen molar-refractivity contribution in [2.75, 3.05) is 7.11 Å². The minimum Gasteiger partial charge on any atom is -0.481 e. The highest BCUT2D eigenvalue weighted by atomic mass is 16.4. The standard InChI is InChI=1S/C7H13BNO3/c1-12-8-9-6-3-2-5(4-6)7(10)11/h5-6,9H,2-4H2,1H3,(H,10,11). The van der Waals surface area contributed by atoms with Gasteiger partial charge < -0.3 is 15.0 Å². The van der Waals surface area contributed by atoms with E-state index in [4.69, 9.17) is 9.76 Å². The van der Waals surface area contributed by atoms with Gasteiger partial charge in [-0.1, -0.05) is 0 Å². The normalized spacial score (nSPS) is 28.8. The summed E-state index contributed by atoms with van der Waals surface area (Å²) in [7, 11) is 3.07. The van der Waals surface area contributed by atoms with Gasteiger partial charge in [-0.05, 0) is 25.3 Å². The number of hydrogen-bond donors (Lipinski definition) is 2. The van der Waals surface area contributed by atoms with Crippen molar-refractivity contribution < 1.29 is 14.6 Å². The Labute approximate surface area is 72.6 Å². The SMILES string of the molecule is CO[B]NC1CCC(C(=O)O)C1. The zero-order chi connectivity index (χ0) is 8.97. The van der Waals surface area contributed by atoms with E-state index in [-0.39, 0.29) is 12.0 Å². The number of rotatable bonds is 4. The molecular formula is C7H13BNO3. The summed E-state index contributed by atoms with van der Waals surface area (Å²) in [6.45, 7) is 0. The Bertz CT molecular complexity index is 165. The molecule has 1 fully saturated rings. The lowest BCUT2D eigenvalue weighted by atomic mass is 10.1. The van der Waals surface area contributed by atoms with Crippen molar-refractivity contribution in [3.8, 4) is 0 Å². The zero-order valence-corrected chi connectivity index (χ0v) is 7.12. The van der Waals surface area contributed by atoms with Crippen molar-refractivity contribution in [2.24, 2.45) is 5.92 Å². The van der Waals surface area contributed by atoms with E-state index in [0.29, 0.717) is 6.42 Å². The molecule has 1 aliphatic carbocycles. The predicted molar refractivity (Wildman–Crippen MR) is 44.7 cm³/mol. The minimum atomic E-state index is -0.684. The molecule has 0 aliphatic heterocycles. The summed E-state index contributed by atoms with van der Waals surface area (Å²) in [6, 6.07) is 0.269. The van der Waals surface area contributed by atoms with Crippen molar-refractivity contribution in [3.05, 3.63) is 0 Å².